The lowest BCUT2D eigenvalue weighted by molar-refractivity contribution is 0.0693. The van der Waals surface area contributed by atoms with Gasteiger partial charge >= 0.3 is 11.9 Å². The average Bonchev–Trinajstić information content (AvgIpc) is 2.50. The van der Waals surface area contributed by atoms with E-state index >= 15 is 0 Å². The SMILES string of the molecule is COc1ccc2cc3ccccc3c(C(=O)O)c2c1C(=O)O. The maximum atomic E-state index is 11.8. The largest absolute Gasteiger partial charge is 0.496 e. The normalized spacial score (nSPS) is 10.8. The smallest absolute Gasteiger partial charge is 0.340 e. The first-order valence-electron chi connectivity index (χ1n) is 6.53. The minimum atomic E-state index is -1.22. The molecule has 0 heterocycles. The van der Waals surface area contributed by atoms with Crippen LogP contribution in [0.25, 0.3) is 21.5 Å². The molecule has 0 saturated carbocycles. The van der Waals surface area contributed by atoms with Crippen LogP contribution in [-0.2, 0) is 0 Å². The highest BCUT2D eigenvalue weighted by Gasteiger charge is 2.23. The van der Waals surface area contributed by atoms with Crippen LogP contribution in [0.3, 0.4) is 0 Å². The van der Waals surface area contributed by atoms with Crippen LogP contribution in [0.2, 0.25) is 0 Å². The fraction of sp³-hybridized carbons (Fsp3) is 0.0588. The second kappa shape index (κ2) is 5.04. The summed E-state index contributed by atoms with van der Waals surface area (Å²) in [6, 6.07) is 12.0. The van der Waals surface area contributed by atoms with Crippen LogP contribution in [-0.4, -0.2) is 29.3 Å². The molecule has 0 bridgehead atoms. The van der Waals surface area contributed by atoms with Crippen molar-refractivity contribution >= 4 is 33.5 Å². The topological polar surface area (TPSA) is 83.8 Å². The van der Waals surface area contributed by atoms with Crippen LogP contribution < -0.4 is 4.74 Å². The van der Waals surface area contributed by atoms with E-state index in [4.69, 9.17) is 4.74 Å². The van der Waals surface area contributed by atoms with E-state index in [0.717, 1.165) is 5.39 Å². The van der Waals surface area contributed by atoms with Crippen molar-refractivity contribution in [1.82, 2.24) is 0 Å². The predicted molar refractivity (Wildman–Crippen MR) is 81.9 cm³/mol. The summed E-state index contributed by atoms with van der Waals surface area (Å²) in [4.78, 5) is 23.4. The predicted octanol–water partition coefficient (Wildman–Crippen LogP) is 3.40. The van der Waals surface area contributed by atoms with E-state index in [0.29, 0.717) is 10.8 Å². The third kappa shape index (κ3) is 1.95. The van der Waals surface area contributed by atoms with E-state index in [9.17, 15) is 19.8 Å². The molecule has 5 heteroatoms. The van der Waals surface area contributed by atoms with Gasteiger partial charge in [0.1, 0.15) is 11.3 Å². The number of aromatic carboxylic acids is 2. The molecule has 0 aliphatic carbocycles. The van der Waals surface area contributed by atoms with Crippen LogP contribution in [0.1, 0.15) is 20.7 Å². The number of carbonyl (C=O) groups is 2. The van der Waals surface area contributed by atoms with Crippen molar-refractivity contribution in [1.29, 1.82) is 0 Å². The van der Waals surface area contributed by atoms with Crippen LogP contribution in [0.4, 0.5) is 0 Å². The molecule has 2 N–H and O–H groups in total. The summed E-state index contributed by atoms with van der Waals surface area (Å²) in [5, 5.41) is 21.1. The van der Waals surface area contributed by atoms with Crippen molar-refractivity contribution in [2.75, 3.05) is 7.11 Å². The van der Waals surface area contributed by atoms with Crippen molar-refractivity contribution in [2.45, 2.75) is 0 Å². The van der Waals surface area contributed by atoms with Gasteiger partial charge in [-0.25, -0.2) is 9.59 Å². The van der Waals surface area contributed by atoms with Crippen molar-refractivity contribution in [3.63, 3.8) is 0 Å². The molecule has 0 saturated heterocycles. The molecule has 0 amide bonds. The minimum absolute atomic E-state index is 0.0237. The van der Waals surface area contributed by atoms with Gasteiger partial charge in [0.25, 0.3) is 0 Å². The fourth-order valence-corrected chi connectivity index (χ4v) is 2.75. The van der Waals surface area contributed by atoms with Crippen LogP contribution in [0.15, 0.2) is 42.5 Å². The molecule has 3 rings (SSSR count). The van der Waals surface area contributed by atoms with Gasteiger partial charge in [0.2, 0.25) is 0 Å². The van der Waals surface area contributed by atoms with Gasteiger partial charge in [0.15, 0.2) is 0 Å². The van der Waals surface area contributed by atoms with Crippen molar-refractivity contribution < 1.29 is 24.5 Å². The van der Waals surface area contributed by atoms with E-state index in [1.807, 2.05) is 0 Å². The van der Waals surface area contributed by atoms with Crippen molar-refractivity contribution in [3.8, 4) is 5.75 Å². The standard InChI is InChI=1S/C17H12O5/c1-22-12-7-6-10-8-9-4-2-3-5-11(9)14(16(18)19)13(10)15(12)17(20)21/h2-8H,1H3,(H,18,19)(H,20,21). The number of carboxylic acid groups (broad SMARTS) is 2. The van der Waals surface area contributed by atoms with Gasteiger partial charge in [0, 0.05) is 5.39 Å². The monoisotopic (exact) mass is 296 g/mol. The lowest BCUT2D eigenvalue weighted by Crippen LogP contribution is -2.07. The van der Waals surface area contributed by atoms with Gasteiger partial charge in [-0.1, -0.05) is 30.3 Å². The molecule has 3 aromatic carbocycles. The summed E-state index contributed by atoms with van der Waals surface area (Å²) in [7, 11) is 1.36. The van der Waals surface area contributed by atoms with Crippen LogP contribution in [0.5, 0.6) is 5.75 Å². The zero-order chi connectivity index (χ0) is 15.9. The van der Waals surface area contributed by atoms with E-state index in [-0.39, 0.29) is 22.3 Å². The summed E-state index contributed by atoms with van der Waals surface area (Å²) >= 11 is 0. The Morgan fingerprint density at radius 1 is 0.909 bits per heavy atom. The Labute approximate surface area is 125 Å². The highest BCUT2D eigenvalue weighted by Crippen LogP contribution is 2.35. The van der Waals surface area contributed by atoms with Gasteiger partial charge < -0.3 is 14.9 Å². The molecule has 110 valence electrons. The van der Waals surface area contributed by atoms with Crippen molar-refractivity contribution in [2.24, 2.45) is 0 Å². The lowest BCUT2D eigenvalue weighted by Gasteiger charge is -2.13. The second-order valence-electron chi connectivity index (χ2n) is 4.82. The van der Waals surface area contributed by atoms with Gasteiger partial charge in [-0.3, -0.25) is 0 Å². The summed E-state index contributed by atoms with van der Waals surface area (Å²) in [5.41, 5.74) is -0.160. The average molecular weight is 296 g/mol. The van der Waals surface area contributed by atoms with E-state index in [2.05, 4.69) is 0 Å². The molecule has 0 aliphatic heterocycles. The third-order valence-electron chi connectivity index (χ3n) is 3.64. The third-order valence-corrected chi connectivity index (χ3v) is 3.64. The molecular weight excluding hydrogens is 284 g/mol. The Morgan fingerprint density at radius 3 is 2.23 bits per heavy atom. The summed E-state index contributed by atoms with van der Waals surface area (Å²) in [6.45, 7) is 0. The number of ether oxygens (including phenoxy) is 1. The number of methoxy groups -OCH3 is 1. The molecule has 5 nitrogen and oxygen atoms in total. The molecule has 0 fully saturated rings. The first-order chi connectivity index (χ1) is 10.5. The molecule has 3 aromatic rings. The Kier molecular flexibility index (Phi) is 3.18. The summed E-state index contributed by atoms with van der Waals surface area (Å²) < 4.78 is 5.09. The first-order valence-corrected chi connectivity index (χ1v) is 6.53. The highest BCUT2D eigenvalue weighted by molar-refractivity contribution is 6.21. The molecule has 0 radical (unpaired) electrons. The van der Waals surface area contributed by atoms with Gasteiger partial charge in [-0.2, -0.15) is 0 Å². The first kappa shape index (κ1) is 13.9. The molecule has 0 aliphatic rings. The number of hydrogen-bond acceptors (Lipinski definition) is 3. The van der Waals surface area contributed by atoms with E-state index in [1.165, 1.54) is 13.2 Å². The van der Waals surface area contributed by atoms with Gasteiger partial charge in [0.05, 0.1) is 12.7 Å². The van der Waals surface area contributed by atoms with Crippen molar-refractivity contribution in [3.05, 3.63) is 53.6 Å². The van der Waals surface area contributed by atoms with E-state index < -0.39 is 11.9 Å². The Hall–Kier alpha value is -3.08. The molecule has 22 heavy (non-hydrogen) atoms. The number of fused-ring (bicyclic) bond motifs is 2. The summed E-state index contributed by atoms with van der Waals surface area (Å²) in [5.74, 6) is -2.25. The van der Waals surface area contributed by atoms with Gasteiger partial charge in [-0.05, 0) is 28.3 Å². The van der Waals surface area contributed by atoms with Crippen LogP contribution >= 0.6 is 0 Å². The zero-order valence-corrected chi connectivity index (χ0v) is 11.7. The molecule has 0 spiro atoms. The Bertz CT molecular complexity index is 927. The maximum Gasteiger partial charge on any atom is 0.340 e. The minimum Gasteiger partial charge on any atom is -0.496 e. The van der Waals surface area contributed by atoms with Crippen LogP contribution in [0, 0.1) is 0 Å². The molecular formula is C17H12O5. The number of rotatable bonds is 3. The second-order valence-corrected chi connectivity index (χ2v) is 4.82. The molecule has 0 unspecified atom stereocenters. The number of carboxylic acids is 2. The Morgan fingerprint density at radius 2 is 1.59 bits per heavy atom. The molecule has 0 atom stereocenters. The Balaban J connectivity index is 2.64. The van der Waals surface area contributed by atoms with E-state index in [1.54, 1.807) is 36.4 Å². The fourth-order valence-electron chi connectivity index (χ4n) is 2.75. The highest BCUT2D eigenvalue weighted by atomic mass is 16.5. The maximum absolute atomic E-state index is 11.8. The zero-order valence-electron chi connectivity index (χ0n) is 11.7. The molecule has 0 aromatic heterocycles. The van der Waals surface area contributed by atoms with Gasteiger partial charge in [-0.15, -0.1) is 0 Å². The number of benzene rings is 3. The quantitative estimate of drug-likeness (QED) is 0.724. The lowest BCUT2D eigenvalue weighted by atomic mass is 9.93. The number of hydrogen-bond donors (Lipinski definition) is 2. The summed E-state index contributed by atoms with van der Waals surface area (Å²) in [6.07, 6.45) is 0.